The Morgan fingerprint density at radius 2 is 2.07 bits per heavy atom. The quantitative estimate of drug-likeness (QED) is 0.656. The van der Waals surface area contributed by atoms with Crippen molar-refractivity contribution in [2.75, 3.05) is 0 Å². The molecule has 1 N–H and O–H groups in total. The van der Waals surface area contributed by atoms with E-state index >= 15 is 0 Å². The standard InChI is InChI=1S/C13H12O/c14-13-7-3-6-11-10-5-2-1-4-9(10)8-12(11)13/h1-6,13-14H,7-8H2. The van der Waals surface area contributed by atoms with E-state index in [0.717, 1.165) is 12.8 Å². The van der Waals surface area contributed by atoms with Gasteiger partial charge in [-0.3, -0.25) is 0 Å². The van der Waals surface area contributed by atoms with E-state index in [1.165, 1.54) is 22.3 Å². The van der Waals surface area contributed by atoms with Crippen LogP contribution in [0, 0.1) is 0 Å². The second-order valence-electron chi connectivity index (χ2n) is 3.93. The summed E-state index contributed by atoms with van der Waals surface area (Å²) in [5, 5.41) is 9.84. The predicted molar refractivity (Wildman–Crippen MR) is 56.8 cm³/mol. The Hall–Kier alpha value is -1.34. The molecule has 1 unspecified atom stereocenters. The molecule has 0 bridgehead atoms. The summed E-state index contributed by atoms with van der Waals surface area (Å²) < 4.78 is 0. The van der Waals surface area contributed by atoms with Gasteiger partial charge in [0.25, 0.3) is 0 Å². The SMILES string of the molecule is OC1CC=CC2=C1Cc1ccccc12. The molecule has 2 aliphatic carbocycles. The monoisotopic (exact) mass is 184 g/mol. The first-order valence-corrected chi connectivity index (χ1v) is 5.02. The van der Waals surface area contributed by atoms with E-state index in [1.54, 1.807) is 0 Å². The number of fused-ring (bicyclic) bond motifs is 2. The van der Waals surface area contributed by atoms with Gasteiger partial charge >= 0.3 is 0 Å². The van der Waals surface area contributed by atoms with Gasteiger partial charge in [0.15, 0.2) is 0 Å². The number of aliphatic hydroxyl groups excluding tert-OH is 1. The second kappa shape index (κ2) is 2.82. The van der Waals surface area contributed by atoms with Gasteiger partial charge in [0.05, 0.1) is 6.10 Å². The lowest BCUT2D eigenvalue weighted by Crippen LogP contribution is -2.12. The van der Waals surface area contributed by atoms with Crippen molar-refractivity contribution in [1.82, 2.24) is 0 Å². The van der Waals surface area contributed by atoms with Crippen LogP contribution >= 0.6 is 0 Å². The molecule has 1 aromatic rings. The van der Waals surface area contributed by atoms with Crippen LogP contribution in [0.4, 0.5) is 0 Å². The molecule has 1 atom stereocenters. The minimum Gasteiger partial charge on any atom is -0.388 e. The van der Waals surface area contributed by atoms with Crippen LogP contribution in [0.25, 0.3) is 5.57 Å². The van der Waals surface area contributed by atoms with E-state index in [-0.39, 0.29) is 6.10 Å². The van der Waals surface area contributed by atoms with Gasteiger partial charge in [-0.05, 0) is 35.1 Å². The van der Waals surface area contributed by atoms with Crippen molar-refractivity contribution in [2.24, 2.45) is 0 Å². The lowest BCUT2D eigenvalue weighted by Gasteiger charge is -2.15. The molecule has 0 amide bonds. The van der Waals surface area contributed by atoms with Gasteiger partial charge in [-0.15, -0.1) is 0 Å². The van der Waals surface area contributed by atoms with E-state index in [4.69, 9.17) is 0 Å². The highest BCUT2D eigenvalue weighted by Crippen LogP contribution is 2.38. The molecule has 0 fully saturated rings. The maximum atomic E-state index is 9.84. The topological polar surface area (TPSA) is 20.2 Å². The summed E-state index contributed by atoms with van der Waals surface area (Å²) in [5.41, 5.74) is 5.11. The molecule has 0 spiro atoms. The molecule has 0 saturated heterocycles. The van der Waals surface area contributed by atoms with Crippen molar-refractivity contribution in [1.29, 1.82) is 0 Å². The normalized spacial score (nSPS) is 23.6. The summed E-state index contributed by atoms with van der Waals surface area (Å²) >= 11 is 0. The van der Waals surface area contributed by atoms with Crippen LogP contribution in [-0.4, -0.2) is 11.2 Å². The first-order chi connectivity index (χ1) is 6.86. The van der Waals surface area contributed by atoms with Crippen LogP contribution in [0.3, 0.4) is 0 Å². The summed E-state index contributed by atoms with van der Waals surface area (Å²) in [6.07, 6.45) is 5.64. The number of hydrogen-bond donors (Lipinski definition) is 1. The number of allylic oxidation sites excluding steroid dienone is 2. The minimum absolute atomic E-state index is 0.262. The molecule has 3 rings (SSSR count). The molecule has 1 nitrogen and oxygen atoms in total. The van der Waals surface area contributed by atoms with Crippen molar-refractivity contribution in [3.8, 4) is 0 Å². The van der Waals surface area contributed by atoms with Gasteiger partial charge in [-0.1, -0.05) is 36.4 Å². The summed E-state index contributed by atoms with van der Waals surface area (Å²) in [4.78, 5) is 0. The summed E-state index contributed by atoms with van der Waals surface area (Å²) in [6, 6.07) is 8.41. The number of hydrogen-bond acceptors (Lipinski definition) is 1. The van der Waals surface area contributed by atoms with Crippen LogP contribution in [-0.2, 0) is 6.42 Å². The van der Waals surface area contributed by atoms with Gasteiger partial charge in [-0.25, -0.2) is 0 Å². The van der Waals surface area contributed by atoms with Crippen LogP contribution < -0.4 is 0 Å². The van der Waals surface area contributed by atoms with E-state index in [1.807, 2.05) is 0 Å². The van der Waals surface area contributed by atoms with Crippen molar-refractivity contribution >= 4 is 5.57 Å². The van der Waals surface area contributed by atoms with Crippen molar-refractivity contribution in [3.05, 3.63) is 53.1 Å². The Balaban J connectivity index is 2.17. The van der Waals surface area contributed by atoms with Gasteiger partial charge < -0.3 is 5.11 Å². The zero-order chi connectivity index (χ0) is 9.54. The molecule has 0 aromatic heterocycles. The molecule has 14 heavy (non-hydrogen) atoms. The van der Waals surface area contributed by atoms with E-state index < -0.39 is 0 Å². The van der Waals surface area contributed by atoms with Crippen LogP contribution in [0.5, 0.6) is 0 Å². The van der Waals surface area contributed by atoms with Crippen molar-refractivity contribution < 1.29 is 5.11 Å². The summed E-state index contributed by atoms with van der Waals surface area (Å²) in [5.74, 6) is 0. The van der Waals surface area contributed by atoms with Gasteiger partial charge in [0, 0.05) is 0 Å². The van der Waals surface area contributed by atoms with E-state index in [0.29, 0.717) is 0 Å². The molecule has 1 heteroatoms. The second-order valence-corrected chi connectivity index (χ2v) is 3.93. The highest BCUT2D eigenvalue weighted by atomic mass is 16.3. The average molecular weight is 184 g/mol. The zero-order valence-electron chi connectivity index (χ0n) is 7.90. The molecule has 1 aromatic carbocycles. The van der Waals surface area contributed by atoms with E-state index in [9.17, 15) is 5.11 Å². The average Bonchev–Trinajstić information content (AvgIpc) is 2.59. The molecular weight excluding hydrogens is 172 g/mol. The number of benzene rings is 1. The Labute approximate surface area is 83.4 Å². The van der Waals surface area contributed by atoms with Crippen LogP contribution in [0.1, 0.15) is 17.5 Å². The van der Waals surface area contributed by atoms with Crippen LogP contribution in [0.15, 0.2) is 42.0 Å². The largest absolute Gasteiger partial charge is 0.388 e. The Kier molecular flexibility index (Phi) is 1.62. The molecule has 0 saturated carbocycles. The molecule has 0 radical (unpaired) electrons. The third kappa shape index (κ3) is 0.992. The van der Waals surface area contributed by atoms with E-state index in [2.05, 4.69) is 36.4 Å². The Morgan fingerprint density at radius 1 is 1.21 bits per heavy atom. The zero-order valence-corrected chi connectivity index (χ0v) is 7.90. The number of aliphatic hydroxyl groups is 1. The van der Waals surface area contributed by atoms with Crippen molar-refractivity contribution in [3.63, 3.8) is 0 Å². The van der Waals surface area contributed by atoms with Gasteiger partial charge in [0.1, 0.15) is 0 Å². The molecule has 70 valence electrons. The molecule has 0 heterocycles. The maximum Gasteiger partial charge on any atom is 0.0796 e. The molecule has 2 aliphatic rings. The first-order valence-electron chi connectivity index (χ1n) is 5.02. The third-order valence-electron chi connectivity index (χ3n) is 3.08. The lowest BCUT2D eigenvalue weighted by atomic mass is 9.95. The third-order valence-corrected chi connectivity index (χ3v) is 3.08. The van der Waals surface area contributed by atoms with Crippen molar-refractivity contribution in [2.45, 2.75) is 18.9 Å². The predicted octanol–water partition coefficient (Wildman–Crippen LogP) is 2.32. The highest BCUT2D eigenvalue weighted by molar-refractivity contribution is 5.84. The van der Waals surface area contributed by atoms with Crippen LogP contribution in [0.2, 0.25) is 0 Å². The Morgan fingerprint density at radius 3 is 3.00 bits per heavy atom. The molecule has 0 aliphatic heterocycles. The minimum atomic E-state index is -0.262. The summed E-state index contributed by atoms with van der Waals surface area (Å²) in [6.45, 7) is 0. The highest BCUT2D eigenvalue weighted by Gasteiger charge is 2.25. The summed E-state index contributed by atoms with van der Waals surface area (Å²) in [7, 11) is 0. The fourth-order valence-electron chi connectivity index (χ4n) is 2.36. The lowest BCUT2D eigenvalue weighted by molar-refractivity contribution is 0.212. The smallest absolute Gasteiger partial charge is 0.0796 e. The maximum absolute atomic E-state index is 9.84. The molecular formula is C13H12O. The van der Waals surface area contributed by atoms with Gasteiger partial charge in [-0.2, -0.15) is 0 Å². The van der Waals surface area contributed by atoms with Gasteiger partial charge in [0.2, 0.25) is 0 Å². The number of rotatable bonds is 0. The fourth-order valence-corrected chi connectivity index (χ4v) is 2.36. The fraction of sp³-hybridized carbons (Fsp3) is 0.231. The Bertz CT molecular complexity index is 440. The first kappa shape index (κ1) is 8.01.